The lowest BCUT2D eigenvalue weighted by atomic mass is 10.1. The van der Waals surface area contributed by atoms with Crippen LogP contribution in [0.3, 0.4) is 0 Å². The Balaban J connectivity index is 2.10. The highest BCUT2D eigenvalue weighted by molar-refractivity contribution is 7.92. The van der Waals surface area contributed by atoms with Gasteiger partial charge in [0.1, 0.15) is 11.8 Å². The average Bonchev–Trinajstić information content (AvgIpc) is 2.67. The second kappa shape index (κ2) is 9.59. The average molecular weight is 405 g/mol. The molecule has 0 radical (unpaired) electrons. The zero-order valence-corrected chi connectivity index (χ0v) is 17.6. The third-order valence-electron chi connectivity index (χ3n) is 4.39. The van der Waals surface area contributed by atoms with Crippen molar-refractivity contribution < 1.29 is 17.9 Å². The summed E-state index contributed by atoms with van der Waals surface area (Å²) in [6, 6.07) is 13.8. The number of sulfonamides is 1. The van der Waals surface area contributed by atoms with Gasteiger partial charge in [-0.25, -0.2) is 8.42 Å². The Morgan fingerprint density at radius 2 is 1.61 bits per heavy atom. The minimum absolute atomic E-state index is 0.307. The van der Waals surface area contributed by atoms with Crippen LogP contribution in [-0.2, 0) is 27.8 Å². The Hall–Kier alpha value is -2.54. The molecule has 0 aliphatic carbocycles. The molecule has 0 aliphatic heterocycles. The van der Waals surface area contributed by atoms with E-state index < -0.39 is 16.1 Å². The molecule has 0 aliphatic rings. The fraction of sp³-hybridized carbons (Fsp3) is 0.381. The predicted molar refractivity (Wildman–Crippen MR) is 112 cm³/mol. The molecular weight excluding hydrogens is 376 g/mol. The number of benzene rings is 2. The van der Waals surface area contributed by atoms with Crippen molar-refractivity contribution >= 4 is 21.6 Å². The van der Waals surface area contributed by atoms with E-state index in [1.807, 2.05) is 50.2 Å². The van der Waals surface area contributed by atoms with Gasteiger partial charge in [-0.2, -0.15) is 0 Å². The Kier molecular flexibility index (Phi) is 7.45. The van der Waals surface area contributed by atoms with E-state index in [0.29, 0.717) is 18.8 Å². The summed E-state index contributed by atoms with van der Waals surface area (Å²) in [4.78, 5) is 12.6. The SMILES string of the molecule is CCOc1ccc(CNC(=O)[C@H](C)N(c2ccc(CC)cc2)S(C)(=O)=O)cc1. The van der Waals surface area contributed by atoms with Gasteiger partial charge in [0, 0.05) is 6.54 Å². The summed E-state index contributed by atoms with van der Waals surface area (Å²) >= 11 is 0. The molecule has 28 heavy (non-hydrogen) atoms. The molecule has 0 unspecified atom stereocenters. The van der Waals surface area contributed by atoms with Crippen LogP contribution in [0.25, 0.3) is 0 Å². The van der Waals surface area contributed by atoms with Crippen LogP contribution in [0.15, 0.2) is 48.5 Å². The zero-order valence-electron chi connectivity index (χ0n) is 16.8. The van der Waals surface area contributed by atoms with Gasteiger partial charge in [0.15, 0.2) is 0 Å². The summed E-state index contributed by atoms with van der Waals surface area (Å²) < 4.78 is 31.2. The third kappa shape index (κ3) is 5.73. The van der Waals surface area contributed by atoms with Gasteiger partial charge in [-0.3, -0.25) is 9.10 Å². The lowest BCUT2D eigenvalue weighted by molar-refractivity contribution is -0.122. The topological polar surface area (TPSA) is 75.7 Å². The second-order valence-electron chi connectivity index (χ2n) is 6.55. The monoisotopic (exact) mass is 404 g/mol. The van der Waals surface area contributed by atoms with Crippen LogP contribution in [-0.4, -0.2) is 33.2 Å². The third-order valence-corrected chi connectivity index (χ3v) is 5.63. The van der Waals surface area contributed by atoms with E-state index in [-0.39, 0.29) is 5.91 Å². The number of anilines is 1. The van der Waals surface area contributed by atoms with Gasteiger partial charge in [-0.1, -0.05) is 31.2 Å². The minimum atomic E-state index is -3.62. The summed E-state index contributed by atoms with van der Waals surface area (Å²) in [5, 5.41) is 2.81. The summed E-state index contributed by atoms with van der Waals surface area (Å²) in [6.45, 7) is 6.43. The number of nitrogens with zero attached hydrogens (tertiary/aromatic N) is 1. The molecule has 152 valence electrons. The first-order chi connectivity index (χ1) is 13.3. The normalized spacial score (nSPS) is 12.3. The number of hydrogen-bond donors (Lipinski definition) is 1. The standard InChI is InChI=1S/C21H28N2O4S/c1-5-17-7-11-19(12-8-17)23(28(4,25)26)16(3)21(24)22-15-18-9-13-20(14-10-18)27-6-2/h7-14,16H,5-6,15H2,1-4H3,(H,22,24)/t16-/m0/s1. The van der Waals surface area contributed by atoms with Crippen LogP contribution in [0.2, 0.25) is 0 Å². The quantitative estimate of drug-likeness (QED) is 0.697. The van der Waals surface area contributed by atoms with Crippen molar-refractivity contribution in [2.45, 2.75) is 39.8 Å². The van der Waals surface area contributed by atoms with Crippen LogP contribution in [0.5, 0.6) is 5.75 Å². The van der Waals surface area contributed by atoms with E-state index in [1.165, 1.54) is 0 Å². The van der Waals surface area contributed by atoms with Crippen molar-refractivity contribution in [2.75, 3.05) is 17.2 Å². The van der Waals surface area contributed by atoms with Crippen molar-refractivity contribution in [3.8, 4) is 5.75 Å². The van der Waals surface area contributed by atoms with Crippen molar-refractivity contribution in [3.63, 3.8) is 0 Å². The number of nitrogens with one attached hydrogen (secondary N) is 1. The van der Waals surface area contributed by atoms with Gasteiger partial charge in [0.05, 0.1) is 18.6 Å². The molecule has 0 bridgehead atoms. The molecule has 1 N–H and O–H groups in total. The highest BCUT2D eigenvalue weighted by atomic mass is 32.2. The number of ether oxygens (including phenoxy) is 1. The molecule has 7 heteroatoms. The molecule has 1 atom stereocenters. The van der Waals surface area contributed by atoms with Crippen LogP contribution in [0.1, 0.15) is 31.9 Å². The van der Waals surface area contributed by atoms with Gasteiger partial charge in [-0.15, -0.1) is 0 Å². The molecule has 2 rings (SSSR count). The van der Waals surface area contributed by atoms with E-state index in [9.17, 15) is 13.2 Å². The molecule has 0 saturated carbocycles. The van der Waals surface area contributed by atoms with Crippen molar-refractivity contribution in [2.24, 2.45) is 0 Å². The van der Waals surface area contributed by atoms with Crippen LogP contribution in [0.4, 0.5) is 5.69 Å². The lowest BCUT2D eigenvalue weighted by Crippen LogP contribution is -2.47. The Labute approximate surface area is 167 Å². The molecular formula is C21H28N2O4S. The number of aryl methyl sites for hydroxylation is 1. The minimum Gasteiger partial charge on any atom is -0.494 e. The van der Waals surface area contributed by atoms with Crippen molar-refractivity contribution in [1.29, 1.82) is 0 Å². The fourth-order valence-corrected chi connectivity index (χ4v) is 4.07. The second-order valence-corrected chi connectivity index (χ2v) is 8.41. The maximum Gasteiger partial charge on any atom is 0.243 e. The molecule has 1 amide bonds. The van der Waals surface area contributed by atoms with Crippen LogP contribution in [0, 0.1) is 0 Å². The first-order valence-corrected chi connectivity index (χ1v) is 11.2. The number of carbonyl (C=O) groups excluding carboxylic acids is 1. The molecule has 2 aromatic carbocycles. The first kappa shape index (κ1) is 21.8. The van der Waals surface area contributed by atoms with E-state index in [2.05, 4.69) is 5.32 Å². The molecule has 0 aromatic heterocycles. The number of carbonyl (C=O) groups is 1. The highest BCUT2D eigenvalue weighted by Crippen LogP contribution is 2.22. The largest absolute Gasteiger partial charge is 0.494 e. The smallest absolute Gasteiger partial charge is 0.243 e. The Morgan fingerprint density at radius 3 is 2.11 bits per heavy atom. The van der Waals surface area contributed by atoms with Gasteiger partial charge >= 0.3 is 0 Å². The maximum absolute atomic E-state index is 12.6. The Morgan fingerprint density at radius 1 is 1.04 bits per heavy atom. The van der Waals surface area contributed by atoms with E-state index in [0.717, 1.165) is 33.9 Å². The summed E-state index contributed by atoms with van der Waals surface area (Å²) in [5.41, 5.74) is 2.48. The molecule has 0 heterocycles. The van der Waals surface area contributed by atoms with E-state index >= 15 is 0 Å². The highest BCUT2D eigenvalue weighted by Gasteiger charge is 2.28. The summed E-state index contributed by atoms with van der Waals surface area (Å²) in [7, 11) is -3.62. The van der Waals surface area contributed by atoms with Crippen molar-refractivity contribution in [3.05, 3.63) is 59.7 Å². The zero-order chi connectivity index (χ0) is 20.7. The predicted octanol–water partition coefficient (Wildman–Crippen LogP) is 3.12. The molecule has 6 nitrogen and oxygen atoms in total. The summed E-state index contributed by atoms with van der Waals surface area (Å²) in [6.07, 6.45) is 1.97. The van der Waals surface area contributed by atoms with Gasteiger partial charge in [-0.05, 0) is 55.7 Å². The Bertz CT molecular complexity index is 878. The first-order valence-electron chi connectivity index (χ1n) is 9.34. The summed E-state index contributed by atoms with van der Waals surface area (Å²) in [5.74, 6) is 0.406. The molecule has 0 spiro atoms. The van der Waals surface area contributed by atoms with Gasteiger partial charge in [0.2, 0.25) is 15.9 Å². The van der Waals surface area contributed by atoms with E-state index in [4.69, 9.17) is 4.74 Å². The maximum atomic E-state index is 12.6. The number of amides is 1. The molecule has 0 fully saturated rings. The van der Waals surface area contributed by atoms with Crippen molar-refractivity contribution in [1.82, 2.24) is 5.32 Å². The fourth-order valence-electron chi connectivity index (χ4n) is 2.89. The van der Waals surface area contributed by atoms with Crippen LogP contribution < -0.4 is 14.4 Å². The number of rotatable bonds is 9. The lowest BCUT2D eigenvalue weighted by Gasteiger charge is -2.28. The van der Waals surface area contributed by atoms with Gasteiger partial charge in [0.25, 0.3) is 0 Å². The molecule has 0 saturated heterocycles. The van der Waals surface area contributed by atoms with Gasteiger partial charge < -0.3 is 10.1 Å². The number of hydrogen-bond acceptors (Lipinski definition) is 4. The molecule has 2 aromatic rings. The van der Waals surface area contributed by atoms with Crippen LogP contribution >= 0.6 is 0 Å². The van der Waals surface area contributed by atoms with E-state index in [1.54, 1.807) is 19.1 Å².